The number of ether oxygens (including phenoxy) is 1. The molecule has 0 aliphatic rings. The Bertz CT molecular complexity index is 410. The molecule has 0 saturated heterocycles. The lowest BCUT2D eigenvalue weighted by Gasteiger charge is -2.14. The summed E-state index contributed by atoms with van der Waals surface area (Å²) in [6, 6.07) is 7.57. The summed E-state index contributed by atoms with van der Waals surface area (Å²) in [6.07, 6.45) is 5.43. The SMILES string of the molecule is CCCCC(CC)CC(=O)c1cccc(OC(C)C)c1. The summed E-state index contributed by atoms with van der Waals surface area (Å²) < 4.78 is 5.65. The van der Waals surface area contributed by atoms with Crippen LogP contribution < -0.4 is 4.74 Å². The number of hydrogen-bond acceptors (Lipinski definition) is 2. The highest BCUT2D eigenvalue weighted by atomic mass is 16.5. The zero-order valence-electron chi connectivity index (χ0n) is 13.3. The Hall–Kier alpha value is -1.31. The number of benzene rings is 1. The minimum absolute atomic E-state index is 0.133. The van der Waals surface area contributed by atoms with Crippen molar-refractivity contribution in [2.24, 2.45) is 5.92 Å². The van der Waals surface area contributed by atoms with Gasteiger partial charge in [-0.2, -0.15) is 0 Å². The Morgan fingerprint density at radius 2 is 2.00 bits per heavy atom. The molecule has 1 atom stereocenters. The smallest absolute Gasteiger partial charge is 0.163 e. The second-order valence-corrected chi connectivity index (χ2v) is 5.74. The summed E-state index contributed by atoms with van der Waals surface area (Å²) in [5.74, 6) is 1.53. The molecule has 0 saturated carbocycles. The average Bonchev–Trinajstić information content (AvgIpc) is 2.42. The number of rotatable bonds is 9. The first kappa shape index (κ1) is 16.7. The molecule has 0 aromatic heterocycles. The molecule has 112 valence electrons. The number of ketones is 1. The summed E-state index contributed by atoms with van der Waals surface area (Å²) in [7, 11) is 0. The van der Waals surface area contributed by atoms with Gasteiger partial charge in [0.1, 0.15) is 5.75 Å². The standard InChI is InChI=1S/C18H28O2/c1-5-7-9-15(6-2)12-18(19)16-10-8-11-17(13-16)20-14(3)4/h8,10-11,13-15H,5-7,9,12H2,1-4H3. The lowest BCUT2D eigenvalue weighted by Crippen LogP contribution is -2.10. The van der Waals surface area contributed by atoms with Crippen molar-refractivity contribution in [1.82, 2.24) is 0 Å². The maximum absolute atomic E-state index is 12.4. The summed E-state index contributed by atoms with van der Waals surface area (Å²) in [5.41, 5.74) is 0.776. The van der Waals surface area contributed by atoms with Gasteiger partial charge in [0.05, 0.1) is 6.10 Å². The predicted octanol–water partition coefficient (Wildman–Crippen LogP) is 5.26. The predicted molar refractivity (Wildman–Crippen MR) is 84.5 cm³/mol. The van der Waals surface area contributed by atoms with Crippen LogP contribution in [0.5, 0.6) is 5.75 Å². The average molecular weight is 276 g/mol. The molecular formula is C18H28O2. The Morgan fingerprint density at radius 3 is 2.60 bits per heavy atom. The van der Waals surface area contributed by atoms with Crippen LogP contribution >= 0.6 is 0 Å². The second-order valence-electron chi connectivity index (χ2n) is 5.74. The van der Waals surface area contributed by atoms with Gasteiger partial charge in [-0.25, -0.2) is 0 Å². The fourth-order valence-corrected chi connectivity index (χ4v) is 2.34. The van der Waals surface area contributed by atoms with Gasteiger partial charge in [0, 0.05) is 12.0 Å². The molecule has 1 unspecified atom stereocenters. The molecule has 0 aliphatic heterocycles. The highest BCUT2D eigenvalue weighted by Gasteiger charge is 2.14. The lowest BCUT2D eigenvalue weighted by molar-refractivity contribution is 0.0956. The first-order chi connectivity index (χ1) is 9.56. The Labute approximate surface area is 123 Å². The van der Waals surface area contributed by atoms with Crippen molar-refractivity contribution in [3.05, 3.63) is 29.8 Å². The molecule has 2 heteroatoms. The number of Topliss-reactive ketones (excluding diaryl/α,β-unsaturated/α-hetero) is 1. The minimum Gasteiger partial charge on any atom is -0.491 e. The van der Waals surface area contributed by atoms with Crippen molar-refractivity contribution >= 4 is 5.78 Å². The van der Waals surface area contributed by atoms with Gasteiger partial charge in [0.25, 0.3) is 0 Å². The van der Waals surface area contributed by atoms with E-state index in [0.717, 1.165) is 24.2 Å². The zero-order chi connectivity index (χ0) is 15.0. The van der Waals surface area contributed by atoms with Crippen LogP contribution in [0.1, 0.15) is 70.2 Å². The molecule has 0 bridgehead atoms. The zero-order valence-corrected chi connectivity index (χ0v) is 13.3. The number of unbranched alkanes of at least 4 members (excludes halogenated alkanes) is 1. The van der Waals surface area contributed by atoms with Gasteiger partial charge in [-0.15, -0.1) is 0 Å². The molecule has 0 aliphatic carbocycles. The van der Waals surface area contributed by atoms with Crippen molar-refractivity contribution < 1.29 is 9.53 Å². The van der Waals surface area contributed by atoms with Crippen LogP contribution in [0.15, 0.2) is 24.3 Å². The first-order valence-electron chi connectivity index (χ1n) is 7.86. The molecule has 1 rings (SSSR count). The molecule has 0 fully saturated rings. The fraction of sp³-hybridized carbons (Fsp3) is 0.611. The van der Waals surface area contributed by atoms with Crippen molar-refractivity contribution in [2.45, 2.75) is 65.9 Å². The van der Waals surface area contributed by atoms with E-state index in [1.54, 1.807) is 0 Å². The number of carbonyl (C=O) groups excluding carboxylic acids is 1. The van der Waals surface area contributed by atoms with Crippen molar-refractivity contribution in [3.8, 4) is 5.75 Å². The highest BCUT2D eigenvalue weighted by Crippen LogP contribution is 2.21. The number of hydrogen-bond donors (Lipinski definition) is 0. The van der Waals surface area contributed by atoms with Gasteiger partial charge in [0.15, 0.2) is 5.78 Å². The third-order valence-corrected chi connectivity index (χ3v) is 3.55. The largest absolute Gasteiger partial charge is 0.491 e. The van der Waals surface area contributed by atoms with E-state index in [9.17, 15) is 4.79 Å². The summed E-state index contributed by atoms with van der Waals surface area (Å²) in [6.45, 7) is 8.35. The second kappa shape index (κ2) is 8.78. The monoisotopic (exact) mass is 276 g/mol. The van der Waals surface area contributed by atoms with E-state index >= 15 is 0 Å². The van der Waals surface area contributed by atoms with Crippen LogP contribution in [0.3, 0.4) is 0 Å². The third-order valence-electron chi connectivity index (χ3n) is 3.55. The maximum atomic E-state index is 12.4. The molecule has 0 amide bonds. The van der Waals surface area contributed by atoms with Crippen molar-refractivity contribution in [3.63, 3.8) is 0 Å². The lowest BCUT2D eigenvalue weighted by atomic mass is 9.91. The van der Waals surface area contributed by atoms with Crippen molar-refractivity contribution in [1.29, 1.82) is 0 Å². The molecule has 0 N–H and O–H groups in total. The number of carbonyl (C=O) groups is 1. The van der Waals surface area contributed by atoms with Crippen LogP contribution in [0.4, 0.5) is 0 Å². The molecule has 0 spiro atoms. The van der Waals surface area contributed by atoms with Gasteiger partial charge in [-0.1, -0.05) is 51.7 Å². The molecule has 0 heterocycles. The third kappa shape index (κ3) is 5.77. The Kier molecular flexibility index (Phi) is 7.35. The Balaban J connectivity index is 2.66. The summed E-state index contributed by atoms with van der Waals surface area (Å²) in [4.78, 5) is 12.4. The molecule has 1 aromatic rings. The van der Waals surface area contributed by atoms with E-state index in [1.165, 1.54) is 12.8 Å². The normalized spacial score (nSPS) is 12.4. The van der Waals surface area contributed by atoms with E-state index in [-0.39, 0.29) is 11.9 Å². The fourth-order valence-electron chi connectivity index (χ4n) is 2.34. The van der Waals surface area contributed by atoms with Crippen LogP contribution in [-0.4, -0.2) is 11.9 Å². The van der Waals surface area contributed by atoms with Gasteiger partial charge >= 0.3 is 0 Å². The topological polar surface area (TPSA) is 26.3 Å². The van der Waals surface area contributed by atoms with Crippen LogP contribution in [-0.2, 0) is 0 Å². The summed E-state index contributed by atoms with van der Waals surface area (Å²) >= 11 is 0. The molecule has 0 radical (unpaired) electrons. The van der Waals surface area contributed by atoms with Gasteiger partial charge in [-0.05, 0) is 31.9 Å². The van der Waals surface area contributed by atoms with E-state index in [0.29, 0.717) is 12.3 Å². The summed E-state index contributed by atoms with van der Waals surface area (Å²) in [5, 5.41) is 0. The molecule has 2 nitrogen and oxygen atoms in total. The van der Waals surface area contributed by atoms with Crippen LogP contribution in [0.2, 0.25) is 0 Å². The van der Waals surface area contributed by atoms with E-state index in [4.69, 9.17) is 4.74 Å². The van der Waals surface area contributed by atoms with E-state index in [2.05, 4.69) is 13.8 Å². The molecular weight excluding hydrogens is 248 g/mol. The van der Waals surface area contributed by atoms with Crippen LogP contribution in [0.25, 0.3) is 0 Å². The first-order valence-corrected chi connectivity index (χ1v) is 7.86. The van der Waals surface area contributed by atoms with Crippen LogP contribution in [0, 0.1) is 5.92 Å². The van der Waals surface area contributed by atoms with Crippen molar-refractivity contribution in [2.75, 3.05) is 0 Å². The van der Waals surface area contributed by atoms with Gasteiger partial charge in [-0.3, -0.25) is 4.79 Å². The minimum atomic E-state index is 0.133. The Morgan fingerprint density at radius 1 is 1.25 bits per heavy atom. The quantitative estimate of drug-likeness (QED) is 0.575. The highest BCUT2D eigenvalue weighted by molar-refractivity contribution is 5.96. The van der Waals surface area contributed by atoms with E-state index < -0.39 is 0 Å². The van der Waals surface area contributed by atoms with Gasteiger partial charge < -0.3 is 4.74 Å². The molecule has 1 aromatic carbocycles. The maximum Gasteiger partial charge on any atom is 0.163 e. The van der Waals surface area contributed by atoms with Gasteiger partial charge in [0.2, 0.25) is 0 Å². The van der Waals surface area contributed by atoms with E-state index in [1.807, 2.05) is 38.1 Å². The molecule has 20 heavy (non-hydrogen) atoms.